The van der Waals surface area contributed by atoms with E-state index in [1.54, 1.807) is 6.07 Å². The Morgan fingerprint density at radius 2 is 2.23 bits per heavy atom. The monoisotopic (exact) mass is 343 g/mol. The van der Waals surface area contributed by atoms with Gasteiger partial charge in [0.1, 0.15) is 11.4 Å². The molecule has 1 aliphatic heterocycles. The van der Waals surface area contributed by atoms with Crippen molar-refractivity contribution >= 4 is 35.2 Å². The number of carbonyl (C=O) groups is 2. The Labute approximate surface area is 136 Å². The molecule has 1 saturated carbocycles. The second-order valence-electron chi connectivity index (χ2n) is 5.76. The number of halogens is 2. The molecule has 2 N–H and O–H groups in total. The highest BCUT2D eigenvalue weighted by Crippen LogP contribution is 2.51. The first-order valence-electron chi connectivity index (χ1n) is 7.02. The van der Waals surface area contributed by atoms with Crippen LogP contribution in [-0.4, -0.2) is 34.0 Å². The molecular weight excluding hydrogens is 329 g/mol. The van der Waals surface area contributed by atoms with Crippen molar-refractivity contribution < 1.29 is 19.1 Å². The van der Waals surface area contributed by atoms with E-state index in [2.05, 4.69) is 5.32 Å². The molecule has 0 aromatic heterocycles. The molecule has 1 aliphatic carbocycles. The van der Waals surface area contributed by atoms with Crippen LogP contribution in [-0.2, 0) is 9.59 Å². The molecular formula is C15H15ClFNO3S. The Morgan fingerprint density at radius 3 is 2.82 bits per heavy atom. The minimum absolute atomic E-state index is 0.270. The van der Waals surface area contributed by atoms with Crippen LogP contribution in [0.5, 0.6) is 0 Å². The third-order valence-electron chi connectivity index (χ3n) is 4.29. The lowest BCUT2D eigenvalue weighted by Gasteiger charge is -2.24. The van der Waals surface area contributed by atoms with Crippen molar-refractivity contribution in [3.8, 4) is 0 Å². The maximum absolute atomic E-state index is 13.9. The average Bonchev–Trinajstić information content (AvgIpc) is 3.09. The molecule has 1 aromatic carbocycles. The zero-order valence-electron chi connectivity index (χ0n) is 11.6. The standard InChI is InChI=1S/C15H15ClFNO3S/c16-10-2-1-3-11(17)12(10)8-6-9(8)13(19)18-15(14(20)21)4-5-22-7-15/h1-3,8-9H,4-7H2,(H,18,19)(H,20,21). The predicted molar refractivity (Wildman–Crippen MR) is 82.7 cm³/mol. The van der Waals surface area contributed by atoms with Crippen molar-refractivity contribution in [2.75, 3.05) is 11.5 Å². The van der Waals surface area contributed by atoms with Crippen LogP contribution in [0.4, 0.5) is 4.39 Å². The quantitative estimate of drug-likeness (QED) is 0.882. The molecule has 7 heteroatoms. The highest BCUT2D eigenvalue weighted by atomic mass is 35.5. The van der Waals surface area contributed by atoms with E-state index in [-0.39, 0.29) is 11.8 Å². The lowest BCUT2D eigenvalue weighted by Crippen LogP contribution is -2.55. The average molecular weight is 344 g/mol. The molecule has 1 saturated heterocycles. The number of thioether (sulfide) groups is 1. The van der Waals surface area contributed by atoms with E-state index in [9.17, 15) is 19.1 Å². The lowest BCUT2D eigenvalue weighted by molar-refractivity contribution is -0.146. The molecule has 118 valence electrons. The number of carboxylic acids is 1. The molecule has 1 aromatic rings. The second kappa shape index (κ2) is 5.74. The first-order chi connectivity index (χ1) is 10.4. The summed E-state index contributed by atoms with van der Waals surface area (Å²) in [6.07, 6.45) is 0.909. The highest BCUT2D eigenvalue weighted by molar-refractivity contribution is 7.99. The van der Waals surface area contributed by atoms with Crippen molar-refractivity contribution in [1.29, 1.82) is 0 Å². The van der Waals surface area contributed by atoms with E-state index in [1.807, 2.05) is 0 Å². The molecule has 1 heterocycles. The zero-order valence-corrected chi connectivity index (χ0v) is 13.2. The summed E-state index contributed by atoms with van der Waals surface area (Å²) in [5.74, 6) is -1.35. The summed E-state index contributed by atoms with van der Waals surface area (Å²) in [7, 11) is 0. The van der Waals surface area contributed by atoms with Gasteiger partial charge in [0, 0.05) is 28.2 Å². The van der Waals surface area contributed by atoms with Gasteiger partial charge in [-0.2, -0.15) is 11.8 Å². The van der Waals surface area contributed by atoms with E-state index in [4.69, 9.17) is 11.6 Å². The van der Waals surface area contributed by atoms with Crippen LogP contribution in [0.15, 0.2) is 18.2 Å². The van der Waals surface area contributed by atoms with E-state index in [0.717, 1.165) is 0 Å². The molecule has 4 nitrogen and oxygen atoms in total. The van der Waals surface area contributed by atoms with Gasteiger partial charge in [-0.1, -0.05) is 17.7 Å². The predicted octanol–water partition coefficient (Wildman–Crippen LogP) is 2.66. The third kappa shape index (κ3) is 2.70. The van der Waals surface area contributed by atoms with Gasteiger partial charge in [0.15, 0.2) is 0 Å². The molecule has 1 amide bonds. The first kappa shape index (κ1) is 15.6. The van der Waals surface area contributed by atoms with Gasteiger partial charge in [0.2, 0.25) is 5.91 Å². The summed E-state index contributed by atoms with van der Waals surface area (Å²) in [4.78, 5) is 23.8. The van der Waals surface area contributed by atoms with Gasteiger partial charge in [0.25, 0.3) is 0 Å². The highest BCUT2D eigenvalue weighted by Gasteiger charge is 2.50. The number of carboxylic acid groups (broad SMARTS) is 1. The lowest BCUT2D eigenvalue weighted by atomic mass is 9.98. The van der Waals surface area contributed by atoms with Crippen LogP contribution in [0, 0.1) is 11.7 Å². The summed E-state index contributed by atoms with van der Waals surface area (Å²) < 4.78 is 13.9. The van der Waals surface area contributed by atoms with Crippen molar-refractivity contribution in [2.24, 2.45) is 5.92 Å². The fraction of sp³-hybridized carbons (Fsp3) is 0.467. The maximum atomic E-state index is 13.9. The molecule has 3 atom stereocenters. The van der Waals surface area contributed by atoms with Gasteiger partial charge in [-0.3, -0.25) is 4.79 Å². The summed E-state index contributed by atoms with van der Waals surface area (Å²) in [6.45, 7) is 0. The third-order valence-corrected chi connectivity index (χ3v) is 5.81. The van der Waals surface area contributed by atoms with Crippen molar-refractivity contribution in [1.82, 2.24) is 5.32 Å². The fourth-order valence-electron chi connectivity index (χ4n) is 2.88. The van der Waals surface area contributed by atoms with Crippen LogP contribution in [0.1, 0.15) is 24.3 Å². The largest absolute Gasteiger partial charge is 0.479 e. The number of amides is 1. The normalized spacial score (nSPS) is 30.1. The number of rotatable bonds is 4. The number of aliphatic carboxylic acids is 1. The van der Waals surface area contributed by atoms with Crippen LogP contribution in [0.2, 0.25) is 5.02 Å². The Hall–Kier alpha value is -1.27. The van der Waals surface area contributed by atoms with Crippen molar-refractivity contribution in [3.63, 3.8) is 0 Å². The molecule has 0 radical (unpaired) electrons. The number of nitrogens with one attached hydrogen (secondary N) is 1. The molecule has 0 spiro atoms. The SMILES string of the molecule is O=C(NC1(C(=O)O)CCSC1)C1CC1c1c(F)cccc1Cl. The van der Waals surface area contributed by atoms with Gasteiger partial charge >= 0.3 is 5.97 Å². The van der Waals surface area contributed by atoms with Gasteiger partial charge in [0.05, 0.1) is 0 Å². The van der Waals surface area contributed by atoms with Gasteiger partial charge < -0.3 is 10.4 Å². The molecule has 0 bridgehead atoms. The van der Waals surface area contributed by atoms with Crippen molar-refractivity contribution in [3.05, 3.63) is 34.6 Å². The maximum Gasteiger partial charge on any atom is 0.330 e. The smallest absolute Gasteiger partial charge is 0.330 e. The zero-order chi connectivity index (χ0) is 15.9. The van der Waals surface area contributed by atoms with Crippen LogP contribution < -0.4 is 5.32 Å². The van der Waals surface area contributed by atoms with Gasteiger partial charge in [-0.25, -0.2) is 9.18 Å². The number of benzene rings is 1. The minimum atomic E-state index is -1.19. The Kier molecular flexibility index (Phi) is 4.07. The van der Waals surface area contributed by atoms with Crippen molar-refractivity contribution in [2.45, 2.75) is 24.3 Å². The van der Waals surface area contributed by atoms with E-state index in [0.29, 0.717) is 34.9 Å². The number of carbonyl (C=O) groups excluding carboxylic acids is 1. The van der Waals surface area contributed by atoms with Crippen LogP contribution in [0.25, 0.3) is 0 Å². The Balaban J connectivity index is 1.72. The molecule has 3 rings (SSSR count). The molecule has 22 heavy (non-hydrogen) atoms. The van der Waals surface area contributed by atoms with Crippen LogP contribution in [0.3, 0.4) is 0 Å². The summed E-state index contributed by atoms with van der Waals surface area (Å²) >= 11 is 7.52. The molecule has 2 aliphatic rings. The van der Waals surface area contributed by atoms with E-state index >= 15 is 0 Å². The summed E-state index contributed by atoms with van der Waals surface area (Å²) in [5.41, 5.74) is -0.831. The first-order valence-corrected chi connectivity index (χ1v) is 8.55. The Morgan fingerprint density at radius 1 is 1.45 bits per heavy atom. The minimum Gasteiger partial charge on any atom is -0.479 e. The summed E-state index contributed by atoms with van der Waals surface area (Å²) in [6, 6.07) is 4.44. The Bertz CT molecular complexity index is 613. The van der Waals surface area contributed by atoms with E-state index < -0.39 is 23.2 Å². The molecule has 2 fully saturated rings. The van der Waals surface area contributed by atoms with E-state index in [1.165, 1.54) is 23.9 Å². The number of hydrogen-bond acceptors (Lipinski definition) is 3. The van der Waals surface area contributed by atoms with Gasteiger partial charge in [-0.05, 0) is 30.7 Å². The van der Waals surface area contributed by atoms with Crippen LogP contribution >= 0.6 is 23.4 Å². The molecule has 3 unspecified atom stereocenters. The topological polar surface area (TPSA) is 66.4 Å². The van der Waals surface area contributed by atoms with Gasteiger partial charge in [-0.15, -0.1) is 0 Å². The fourth-order valence-corrected chi connectivity index (χ4v) is 4.51. The second-order valence-corrected chi connectivity index (χ2v) is 7.28. The summed E-state index contributed by atoms with van der Waals surface area (Å²) in [5, 5.41) is 12.4. The number of hydrogen-bond donors (Lipinski definition) is 2.